The van der Waals surface area contributed by atoms with Gasteiger partial charge in [-0.3, -0.25) is 4.79 Å². The summed E-state index contributed by atoms with van der Waals surface area (Å²) in [4.78, 5) is 12.1. The van der Waals surface area contributed by atoms with Crippen LogP contribution in [0.1, 0.15) is 18.1 Å². The number of carbonyl (C=O) groups is 1. The van der Waals surface area contributed by atoms with Gasteiger partial charge in [0.2, 0.25) is 0 Å². The smallest absolute Gasteiger partial charge is 0.417 e. The lowest BCUT2D eigenvalue weighted by Gasteiger charge is -2.13. The zero-order chi connectivity index (χ0) is 20.1. The Morgan fingerprint density at radius 1 is 1.04 bits per heavy atom. The van der Waals surface area contributed by atoms with Crippen molar-refractivity contribution in [3.8, 4) is 5.75 Å². The minimum atomic E-state index is -4.50. The summed E-state index contributed by atoms with van der Waals surface area (Å²) >= 11 is 0. The van der Waals surface area contributed by atoms with Crippen molar-refractivity contribution in [3.63, 3.8) is 0 Å². The SMILES string of the molecule is CC(Oc1ccc2ccccc2c1)C(=O)N/N=C/c1ccccc1C(F)(F)F. The molecule has 0 aliphatic carbocycles. The molecule has 0 aliphatic rings. The predicted molar refractivity (Wildman–Crippen MR) is 101 cm³/mol. The molecule has 0 bridgehead atoms. The number of ether oxygens (including phenoxy) is 1. The van der Waals surface area contributed by atoms with Gasteiger partial charge >= 0.3 is 6.18 Å². The van der Waals surface area contributed by atoms with Crippen molar-refractivity contribution in [2.75, 3.05) is 0 Å². The summed E-state index contributed by atoms with van der Waals surface area (Å²) in [6, 6.07) is 18.1. The molecule has 3 aromatic carbocycles. The lowest BCUT2D eigenvalue weighted by atomic mass is 10.1. The molecule has 0 spiro atoms. The molecule has 28 heavy (non-hydrogen) atoms. The minimum absolute atomic E-state index is 0.140. The fraction of sp³-hybridized carbons (Fsp3) is 0.143. The highest BCUT2D eigenvalue weighted by Gasteiger charge is 2.32. The molecule has 0 aromatic heterocycles. The van der Waals surface area contributed by atoms with Crippen molar-refractivity contribution in [2.45, 2.75) is 19.2 Å². The van der Waals surface area contributed by atoms with Gasteiger partial charge in [-0.05, 0) is 35.9 Å². The van der Waals surface area contributed by atoms with E-state index in [9.17, 15) is 18.0 Å². The molecule has 0 aliphatic heterocycles. The zero-order valence-electron chi connectivity index (χ0n) is 14.9. The normalized spacial score (nSPS) is 12.9. The number of halogens is 3. The van der Waals surface area contributed by atoms with Crippen LogP contribution in [0.4, 0.5) is 13.2 Å². The van der Waals surface area contributed by atoms with E-state index in [0.29, 0.717) is 5.75 Å². The van der Waals surface area contributed by atoms with Crippen LogP contribution >= 0.6 is 0 Å². The number of hydrogen-bond donors (Lipinski definition) is 1. The number of carbonyl (C=O) groups excluding carboxylic acids is 1. The van der Waals surface area contributed by atoms with Crippen LogP contribution in [0.25, 0.3) is 10.8 Å². The summed E-state index contributed by atoms with van der Waals surface area (Å²) in [6.45, 7) is 1.53. The second-order valence-corrected chi connectivity index (χ2v) is 6.09. The number of amides is 1. The van der Waals surface area contributed by atoms with Crippen molar-refractivity contribution >= 4 is 22.9 Å². The molecule has 7 heteroatoms. The quantitative estimate of drug-likeness (QED) is 0.507. The second kappa shape index (κ2) is 8.12. The molecule has 1 N–H and O–H groups in total. The Morgan fingerprint density at radius 2 is 1.71 bits per heavy atom. The van der Waals surface area contributed by atoms with Gasteiger partial charge in [-0.1, -0.05) is 48.5 Å². The molecule has 1 amide bonds. The van der Waals surface area contributed by atoms with Gasteiger partial charge in [0.25, 0.3) is 5.91 Å². The summed E-state index contributed by atoms with van der Waals surface area (Å²) in [5, 5.41) is 5.63. The van der Waals surface area contributed by atoms with Gasteiger partial charge in [0, 0.05) is 5.56 Å². The molecule has 1 unspecified atom stereocenters. The molecule has 1 atom stereocenters. The average molecular weight is 386 g/mol. The van der Waals surface area contributed by atoms with E-state index in [0.717, 1.165) is 23.1 Å². The Labute approximate surface area is 159 Å². The first-order chi connectivity index (χ1) is 13.3. The van der Waals surface area contributed by atoms with E-state index in [1.807, 2.05) is 36.4 Å². The predicted octanol–water partition coefficient (Wildman–Crippen LogP) is 4.78. The molecule has 3 aromatic rings. The molecule has 0 heterocycles. The van der Waals surface area contributed by atoms with Gasteiger partial charge in [-0.25, -0.2) is 5.43 Å². The van der Waals surface area contributed by atoms with E-state index in [1.54, 1.807) is 6.07 Å². The number of rotatable bonds is 5. The third kappa shape index (κ3) is 4.68. The monoisotopic (exact) mass is 386 g/mol. The van der Waals surface area contributed by atoms with Gasteiger partial charge < -0.3 is 4.74 Å². The summed E-state index contributed by atoms with van der Waals surface area (Å²) in [5.41, 5.74) is 1.24. The summed E-state index contributed by atoms with van der Waals surface area (Å²) in [6.07, 6.45) is -4.42. The fourth-order valence-corrected chi connectivity index (χ4v) is 2.62. The molecule has 3 rings (SSSR count). The number of hydrazone groups is 1. The van der Waals surface area contributed by atoms with Crippen LogP contribution in [0.3, 0.4) is 0 Å². The molecule has 0 fully saturated rings. The van der Waals surface area contributed by atoms with Crippen LogP contribution in [-0.2, 0) is 11.0 Å². The Kier molecular flexibility index (Phi) is 5.63. The largest absolute Gasteiger partial charge is 0.481 e. The lowest BCUT2D eigenvalue weighted by molar-refractivity contribution is -0.137. The molecule has 0 saturated carbocycles. The van der Waals surface area contributed by atoms with Crippen molar-refractivity contribution in [1.82, 2.24) is 5.43 Å². The number of nitrogens with one attached hydrogen (secondary N) is 1. The highest BCUT2D eigenvalue weighted by atomic mass is 19.4. The number of alkyl halides is 3. The first kappa shape index (κ1) is 19.4. The summed E-state index contributed by atoms with van der Waals surface area (Å²) < 4.78 is 44.4. The van der Waals surface area contributed by atoms with E-state index >= 15 is 0 Å². The van der Waals surface area contributed by atoms with E-state index < -0.39 is 23.8 Å². The maximum absolute atomic E-state index is 12.9. The van der Waals surface area contributed by atoms with Gasteiger partial charge in [-0.2, -0.15) is 18.3 Å². The maximum atomic E-state index is 12.9. The van der Waals surface area contributed by atoms with Crippen LogP contribution in [0.5, 0.6) is 5.75 Å². The van der Waals surface area contributed by atoms with Crippen molar-refractivity contribution in [3.05, 3.63) is 77.9 Å². The molecule has 144 valence electrons. The molecular weight excluding hydrogens is 369 g/mol. The Bertz CT molecular complexity index is 1020. The molecule has 0 saturated heterocycles. The van der Waals surface area contributed by atoms with Crippen LogP contribution in [0, 0.1) is 0 Å². The number of nitrogens with zero attached hydrogens (tertiary/aromatic N) is 1. The lowest BCUT2D eigenvalue weighted by Crippen LogP contribution is -2.33. The van der Waals surface area contributed by atoms with Crippen molar-refractivity contribution in [2.24, 2.45) is 5.10 Å². The van der Waals surface area contributed by atoms with Gasteiger partial charge in [0.1, 0.15) is 5.75 Å². The first-order valence-electron chi connectivity index (χ1n) is 8.49. The third-order valence-electron chi connectivity index (χ3n) is 4.05. The van der Waals surface area contributed by atoms with Crippen LogP contribution in [0.2, 0.25) is 0 Å². The van der Waals surface area contributed by atoms with Crippen LogP contribution in [0.15, 0.2) is 71.8 Å². The van der Waals surface area contributed by atoms with Gasteiger partial charge in [0.05, 0.1) is 11.8 Å². The molecule has 4 nitrogen and oxygen atoms in total. The Morgan fingerprint density at radius 3 is 2.46 bits per heavy atom. The fourth-order valence-electron chi connectivity index (χ4n) is 2.62. The zero-order valence-corrected chi connectivity index (χ0v) is 14.9. The summed E-state index contributed by atoms with van der Waals surface area (Å²) in [5.74, 6) is -0.0679. The van der Waals surface area contributed by atoms with Crippen molar-refractivity contribution < 1.29 is 22.7 Å². The third-order valence-corrected chi connectivity index (χ3v) is 4.05. The Balaban J connectivity index is 1.64. The van der Waals surface area contributed by atoms with E-state index in [4.69, 9.17) is 4.74 Å². The highest BCUT2D eigenvalue weighted by Crippen LogP contribution is 2.31. The first-order valence-corrected chi connectivity index (χ1v) is 8.49. The van der Waals surface area contributed by atoms with Gasteiger partial charge in [-0.15, -0.1) is 0 Å². The molecule has 0 radical (unpaired) electrons. The standard InChI is InChI=1S/C21H17F3N2O2/c1-14(28-18-11-10-15-6-2-3-7-16(15)12-18)20(27)26-25-13-17-8-4-5-9-19(17)21(22,23)24/h2-14H,1H3,(H,26,27)/b25-13+. The van der Waals surface area contributed by atoms with Gasteiger partial charge in [0.15, 0.2) is 6.10 Å². The van der Waals surface area contributed by atoms with Crippen LogP contribution in [-0.4, -0.2) is 18.2 Å². The van der Waals surface area contributed by atoms with E-state index in [1.165, 1.54) is 25.1 Å². The van der Waals surface area contributed by atoms with Crippen LogP contribution < -0.4 is 10.2 Å². The highest BCUT2D eigenvalue weighted by molar-refractivity contribution is 5.86. The number of fused-ring (bicyclic) bond motifs is 1. The van der Waals surface area contributed by atoms with Crippen molar-refractivity contribution in [1.29, 1.82) is 0 Å². The van der Waals surface area contributed by atoms with E-state index in [-0.39, 0.29) is 5.56 Å². The minimum Gasteiger partial charge on any atom is -0.481 e. The number of hydrogen-bond acceptors (Lipinski definition) is 3. The summed E-state index contributed by atoms with van der Waals surface area (Å²) in [7, 11) is 0. The van der Waals surface area contributed by atoms with E-state index in [2.05, 4.69) is 10.5 Å². The topological polar surface area (TPSA) is 50.7 Å². The maximum Gasteiger partial charge on any atom is 0.417 e. The number of benzene rings is 3. The Hall–Kier alpha value is -3.35. The molecular formula is C21H17F3N2O2. The average Bonchev–Trinajstić information content (AvgIpc) is 2.67. The second-order valence-electron chi connectivity index (χ2n) is 6.09.